The number of nitrogens with zero attached hydrogens (tertiary/aromatic N) is 1. The number of hydrogen-bond acceptors (Lipinski definition) is 2. The Hall–Kier alpha value is -1.35. The summed E-state index contributed by atoms with van der Waals surface area (Å²) >= 11 is 0. The van der Waals surface area contributed by atoms with Gasteiger partial charge in [-0.05, 0) is 55.6 Å². The van der Waals surface area contributed by atoms with Crippen molar-refractivity contribution in [2.45, 2.75) is 32.1 Å². The van der Waals surface area contributed by atoms with Gasteiger partial charge in [-0.25, -0.2) is 4.39 Å². The number of rotatable bonds is 3. The molecular weight excluding hydrogens is 253 g/mol. The molecule has 2 aliphatic rings. The van der Waals surface area contributed by atoms with E-state index in [1.807, 2.05) is 12.1 Å². The third-order valence-electron chi connectivity index (χ3n) is 4.41. The van der Waals surface area contributed by atoms with E-state index in [9.17, 15) is 4.39 Å². The Morgan fingerprint density at radius 1 is 1.15 bits per heavy atom. The van der Waals surface area contributed by atoms with E-state index in [-0.39, 0.29) is 5.83 Å². The second-order valence-electron chi connectivity index (χ2n) is 5.74. The summed E-state index contributed by atoms with van der Waals surface area (Å²) in [7, 11) is 1.66. The molecule has 20 heavy (non-hydrogen) atoms. The van der Waals surface area contributed by atoms with E-state index in [1.54, 1.807) is 7.11 Å². The Kier molecular flexibility index (Phi) is 4.06. The average Bonchev–Trinajstić information content (AvgIpc) is 2.51. The van der Waals surface area contributed by atoms with E-state index < -0.39 is 0 Å². The Labute approximate surface area is 120 Å². The first-order chi connectivity index (χ1) is 9.78. The van der Waals surface area contributed by atoms with Crippen LogP contribution in [0.5, 0.6) is 5.75 Å². The first kappa shape index (κ1) is 13.6. The lowest BCUT2D eigenvalue weighted by molar-refractivity contribution is 0.253. The number of allylic oxidation sites excluding steroid dienone is 1. The highest BCUT2D eigenvalue weighted by Crippen LogP contribution is 2.35. The zero-order chi connectivity index (χ0) is 13.9. The molecule has 1 aliphatic carbocycles. The molecule has 1 aromatic carbocycles. The topological polar surface area (TPSA) is 12.5 Å². The highest BCUT2D eigenvalue weighted by molar-refractivity contribution is 5.74. The molecular formula is C17H22FNO. The molecule has 1 saturated heterocycles. The number of methoxy groups -OCH3 is 1. The van der Waals surface area contributed by atoms with Crippen molar-refractivity contribution in [2.24, 2.45) is 0 Å². The number of hydrogen-bond donors (Lipinski definition) is 0. The van der Waals surface area contributed by atoms with Gasteiger partial charge in [0, 0.05) is 18.5 Å². The van der Waals surface area contributed by atoms with E-state index in [0.717, 1.165) is 42.9 Å². The summed E-state index contributed by atoms with van der Waals surface area (Å²) in [6.45, 7) is 2.93. The van der Waals surface area contributed by atoms with E-state index in [1.165, 1.54) is 24.8 Å². The molecule has 3 heteroatoms. The minimum absolute atomic E-state index is 0.0660. The summed E-state index contributed by atoms with van der Waals surface area (Å²) in [5, 5.41) is 0. The van der Waals surface area contributed by atoms with E-state index in [4.69, 9.17) is 4.74 Å². The molecule has 1 fully saturated rings. The Morgan fingerprint density at radius 3 is 2.70 bits per heavy atom. The van der Waals surface area contributed by atoms with Crippen molar-refractivity contribution < 1.29 is 9.13 Å². The highest BCUT2D eigenvalue weighted by Gasteiger charge is 2.22. The minimum atomic E-state index is 0.0660. The lowest BCUT2D eigenvalue weighted by Crippen LogP contribution is -2.32. The van der Waals surface area contributed by atoms with Crippen LogP contribution in [0.15, 0.2) is 24.0 Å². The Balaban J connectivity index is 1.88. The molecule has 1 aromatic rings. The van der Waals surface area contributed by atoms with Gasteiger partial charge in [-0.3, -0.25) is 4.90 Å². The van der Waals surface area contributed by atoms with Crippen LogP contribution in [0.1, 0.15) is 36.8 Å². The normalized spacial score (nSPS) is 19.9. The smallest absolute Gasteiger partial charge is 0.119 e. The average molecular weight is 275 g/mol. The summed E-state index contributed by atoms with van der Waals surface area (Å²) in [5.74, 6) is 0.880. The van der Waals surface area contributed by atoms with E-state index >= 15 is 0 Å². The molecule has 0 saturated carbocycles. The number of ether oxygens (including phenoxy) is 1. The third-order valence-corrected chi connectivity index (χ3v) is 4.41. The van der Waals surface area contributed by atoms with Crippen molar-refractivity contribution in [2.75, 3.05) is 26.7 Å². The number of likely N-dealkylation sites (tertiary alicyclic amines) is 1. The number of piperidine rings is 1. The molecule has 0 bridgehead atoms. The van der Waals surface area contributed by atoms with Crippen molar-refractivity contribution in [3.05, 3.63) is 35.2 Å². The first-order valence-electron chi connectivity index (χ1n) is 7.55. The first-order valence-corrected chi connectivity index (χ1v) is 7.55. The maximum absolute atomic E-state index is 14.3. The van der Waals surface area contributed by atoms with Crippen LogP contribution in [-0.2, 0) is 6.42 Å². The zero-order valence-corrected chi connectivity index (χ0v) is 12.1. The Bertz CT molecular complexity index is 518. The molecule has 2 nitrogen and oxygen atoms in total. The fourth-order valence-electron chi connectivity index (χ4n) is 3.23. The quantitative estimate of drug-likeness (QED) is 0.831. The highest BCUT2D eigenvalue weighted by atomic mass is 19.1. The molecule has 1 aliphatic heterocycles. The number of benzene rings is 1. The van der Waals surface area contributed by atoms with E-state index in [0.29, 0.717) is 6.42 Å². The van der Waals surface area contributed by atoms with Crippen molar-refractivity contribution >= 4 is 5.57 Å². The van der Waals surface area contributed by atoms with Gasteiger partial charge in [-0.2, -0.15) is 0 Å². The molecule has 108 valence electrons. The van der Waals surface area contributed by atoms with Crippen LogP contribution in [0.25, 0.3) is 5.57 Å². The van der Waals surface area contributed by atoms with Gasteiger partial charge in [-0.15, -0.1) is 0 Å². The fourth-order valence-corrected chi connectivity index (χ4v) is 3.23. The van der Waals surface area contributed by atoms with E-state index in [2.05, 4.69) is 11.0 Å². The summed E-state index contributed by atoms with van der Waals surface area (Å²) in [6.07, 6.45) is 5.12. The zero-order valence-electron chi connectivity index (χ0n) is 12.1. The maximum atomic E-state index is 14.3. The second-order valence-corrected chi connectivity index (χ2v) is 5.74. The van der Waals surface area contributed by atoms with Crippen LogP contribution in [0.2, 0.25) is 0 Å². The van der Waals surface area contributed by atoms with Crippen LogP contribution < -0.4 is 4.74 Å². The van der Waals surface area contributed by atoms with Crippen LogP contribution in [-0.4, -0.2) is 31.6 Å². The van der Waals surface area contributed by atoms with Crippen LogP contribution >= 0.6 is 0 Å². The van der Waals surface area contributed by atoms with Gasteiger partial charge in [0.25, 0.3) is 0 Å². The predicted octanol–water partition coefficient (Wildman–Crippen LogP) is 3.81. The van der Waals surface area contributed by atoms with Gasteiger partial charge < -0.3 is 4.74 Å². The van der Waals surface area contributed by atoms with Crippen molar-refractivity contribution in [3.63, 3.8) is 0 Å². The minimum Gasteiger partial charge on any atom is -0.497 e. The largest absolute Gasteiger partial charge is 0.497 e. The predicted molar refractivity (Wildman–Crippen MR) is 79.6 cm³/mol. The standard InChI is InChI=1S/C17H22FNO/c1-20-14-7-5-13-6-8-17(18)16(15(13)11-14)12-19-9-3-2-4-10-19/h5,7,11H,2-4,6,8-10,12H2,1H3. The summed E-state index contributed by atoms with van der Waals surface area (Å²) in [6, 6.07) is 6.05. The molecule has 0 atom stereocenters. The van der Waals surface area contributed by atoms with Gasteiger partial charge in [0.2, 0.25) is 0 Å². The Morgan fingerprint density at radius 2 is 1.95 bits per heavy atom. The van der Waals surface area contributed by atoms with Gasteiger partial charge in [-0.1, -0.05) is 12.5 Å². The lowest BCUT2D eigenvalue weighted by Gasteiger charge is -2.29. The molecule has 0 aromatic heterocycles. The maximum Gasteiger partial charge on any atom is 0.119 e. The summed E-state index contributed by atoms with van der Waals surface area (Å²) < 4.78 is 19.6. The SMILES string of the molecule is COc1ccc2c(c1)C(CN1CCCCC1)=C(F)CC2. The van der Waals surface area contributed by atoms with Crippen molar-refractivity contribution in [1.82, 2.24) is 4.90 Å². The van der Waals surface area contributed by atoms with Crippen molar-refractivity contribution in [1.29, 1.82) is 0 Å². The summed E-state index contributed by atoms with van der Waals surface area (Å²) in [5.41, 5.74) is 3.19. The van der Waals surface area contributed by atoms with Gasteiger partial charge in [0.1, 0.15) is 11.6 Å². The molecule has 0 amide bonds. The molecule has 0 unspecified atom stereocenters. The van der Waals surface area contributed by atoms with Crippen LogP contribution in [0.4, 0.5) is 4.39 Å². The third kappa shape index (κ3) is 2.73. The molecule has 0 N–H and O–H groups in total. The second kappa shape index (κ2) is 5.96. The van der Waals surface area contributed by atoms with Crippen LogP contribution in [0.3, 0.4) is 0 Å². The number of halogens is 1. The van der Waals surface area contributed by atoms with Gasteiger partial charge in [0.15, 0.2) is 0 Å². The molecule has 1 heterocycles. The van der Waals surface area contributed by atoms with Crippen molar-refractivity contribution in [3.8, 4) is 5.75 Å². The number of aryl methyl sites for hydroxylation is 1. The molecule has 0 spiro atoms. The number of fused-ring (bicyclic) bond motifs is 1. The summed E-state index contributed by atoms with van der Waals surface area (Å²) in [4.78, 5) is 2.38. The van der Waals surface area contributed by atoms with Gasteiger partial charge in [0.05, 0.1) is 7.11 Å². The molecule has 0 radical (unpaired) electrons. The monoisotopic (exact) mass is 275 g/mol. The van der Waals surface area contributed by atoms with Crippen LogP contribution in [0, 0.1) is 0 Å². The van der Waals surface area contributed by atoms with Gasteiger partial charge >= 0.3 is 0 Å². The molecule has 3 rings (SSSR count). The lowest BCUT2D eigenvalue weighted by atomic mass is 9.89. The fraction of sp³-hybridized carbons (Fsp3) is 0.529.